The smallest absolute Gasteiger partial charge is 0.243 e. The summed E-state index contributed by atoms with van der Waals surface area (Å²) in [6.45, 7) is 9.60. The third-order valence-electron chi connectivity index (χ3n) is 7.28. The molecule has 3 atom stereocenters. The monoisotopic (exact) mass is 541 g/mol. The molecule has 0 radical (unpaired) electrons. The molecule has 2 amide bonds. The molecule has 3 rings (SSSR count). The van der Waals surface area contributed by atoms with Gasteiger partial charge in [0.1, 0.15) is 6.04 Å². The van der Waals surface area contributed by atoms with Crippen LogP contribution < -0.4 is 15.7 Å². The van der Waals surface area contributed by atoms with Crippen LogP contribution in [0.1, 0.15) is 69.7 Å². The summed E-state index contributed by atoms with van der Waals surface area (Å²) < 4.78 is 0. The van der Waals surface area contributed by atoms with Gasteiger partial charge in [-0.1, -0.05) is 99.6 Å². The summed E-state index contributed by atoms with van der Waals surface area (Å²) in [6.07, 6.45) is 1.28. The van der Waals surface area contributed by atoms with Crippen molar-refractivity contribution >= 4 is 17.8 Å². The lowest BCUT2D eigenvalue weighted by Gasteiger charge is -2.33. The summed E-state index contributed by atoms with van der Waals surface area (Å²) in [4.78, 5) is 38.3. The van der Waals surface area contributed by atoms with Crippen molar-refractivity contribution in [2.75, 3.05) is 0 Å². The maximum absolute atomic E-state index is 13.4. The number of carbonyl (C=O) groups is 3. The van der Waals surface area contributed by atoms with Gasteiger partial charge in [-0.15, -0.1) is 0 Å². The lowest BCUT2D eigenvalue weighted by atomic mass is 9.85. The molecule has 212 valence electrons. The summed E-state index contributed by atoms with van der Waals surface area (Å²) in [5, 5.41) is 17.4. The van der Waals surface area contributed by atoms with E-state index in [-0.39, 0.29) is 11.9 Å². The molecule has 3 aromatic rings. The Bertz CT molecular complexity index is 1280. The van der Waals surface area contributed by atoms with Crippen LogP contribution in [0.2, 0.25) is 0 Å². The molecule has 0 spiro atoms. The van der Waals surface area contributed by atoms with E-state index in [1.807, 2.05) is 82.3 Å². The first-order chi connectivity index (χ1) is 19.0. The average Bonchev–Trinajstić information content (AvgIpc) is 2.91. The van der Waals surface area contributed by atoms with Gasteiger partial charge < -0.3 is 20.5 Å². The number of carbonyl (C=O) groups excluding carboxylic acids is 3. The van der Waals surface area contributed by atoms with Crippen LogP contribution in [0, 0.1) is 18.3 Å². The van der Waals surface area contributed by atoms with Crippen LogP contribution >= 0.6 is 0 Å². The first-order valence-electron chi connectivity index (χ1n) is 14.0. The molecule has 40 heavy (non-hydrogen) atoms. The Kier molecular flexibility index (Phi) is 10.7. The van der Waals surface area contributed by atoms with E-state index in [9.17, 15) is 19.5 Å². The molecule has 3 unspecified atom stereocenters. The fourth-order valence-electron chi connectivity index (χ4n) is 5.08. The number of carboxylic acid groups (broad SMARTS) is 1. The number of hydrogen-bond acceptors (Lipinski definition) is 4. The quantitative estimate of drug-likeness (QED) is 0.331. The maximum Gasteiger partial charge on any atom is 0.243 e. The number of aryl methyl sites for hydroxylation is 2. The van der Waals surface area contributed by atoms with Crippen molar-refractivity contribution in [3.8, 4) is 11.1 Å². The summed E-state index contributed by atoms with van der Waals surface area (Å²) in [5.74, 6) is -2.84. The van der Waals surface area contributed by atoms with Crippen molar-refractivity contribution in [2.24, 2.45) is 11.3 Å². The van der Waals surface area contributed by atoms with Crippen LogP contribution in [0.15, 0.2) is 78.9 Å². The SMILES string of the molecule is Cc1cccc(CCCC(CC(=O)[O-])C(=O)NC(C(=O)NC(C)c2ccccc2)C(C)(C)C)c1-c1ccccc1. The molecule has 0 fully saturated rings. The Morgan fingerprint density at radius 1 is 0.825 bits per heavy atom. The normalized spacial score (nSPS) is 13.6. The topological polar surface area (TPSA) is 98.3 Å². The number of benzene rings is 3. The van der Waals surface area contributed by atoms with Gasteiger partial charge in [-0.2, -0.15) is 0 Å². The highest BCUT2D eigenvalue weighted by atomic mass is 16.4. The van der Waals surface area contributed by atoms with Crippen molar-refractivity contribution in [1.82, 2.24) is 10.6 Å². The molecule has 0 aliphatic heterocycles. The zero-order valence-corrected chi connectivity index (χ0v) is 24.2. The van der Waals surface area contributed by atoms with Gasteiger partial charge >= 0.3 is 0 Å². The van der Waals surface area contributed by atoms with Crippen LogP contribution in [-0.4, -0.2) is 23.8 Å². The molecular formula is C34H41N2O4-. The van der Waals surface area contributed by atoms with Crippen LogP contribution in [0.25, 0.3) is 11.1 Å². The molecule has 0 heterocycles. The number of nitrogens with one attached hydrogen (secondary N) is 2. The van der Waals surface area contributed by atoms with E-state index < -0.39 is 35.7 Å². The number of aliphatic carboxylic acids is 1. The van der Waals surface area contributed by atoms with Gasteiger partial charge in [-0.25, -0.2) is 0 Å². The van der Waals surface area contributed by atoms with Crippen molar-refractivity contribution in [1.29, 1.82) is 0 Å². The van der Waals surface area contributed by atoms with Crippen molar-refractivity contribution in [3.05, 3.63) is 95.6 Å². The summed E-state index contributed by atoms with van der Waals surface area (Å²) >= 11 is 0. The molecule has 6 nitrogen and oxygen atoms in total. The minimum absolute atomic E-state index is 0.248. The van der Waals surface area contributed by atoms with Gasteiger partial charge in [-0.05, 0) is 72.8 Å². The number of carboxylic acids is 1. The van der Waals surface area contributed by atoms with Crippen molar-refractivity contribution in [2.45, 2.75) is 72.4 Å². The predicted octanol–water partition coefficient (Wildman–Crippen LogP) is 5.15. The van der Waals surface area contributed by atoms with Gasteiger partial charge in [0.2, 0.25) is 11.8 Å². The molecular weight excluding hydrogens is 500 g/mol. The Balaban J connectivity index is 1.71. The van der Waals surface area contributed by atoms with E-state index in [4.69, 9.17) is 0 Å². The van der Waals surface area contributed by atoms with Crippen molar-refractivity contribution < 1.29 is 19.5 Å². The van der Waals surface area contributed by atoms with E-state index in [2.05, 4.69) is 41.8 Å². The number of rotatable bonds is 12. The molecule has 0 saturated carbocycles. The molecule has 0 aromatic heterocycles. The Labute approximate surface area is 238 Å². The van der Waals surface area contributed by atoms with Crippen LogP contribution in [0.3, 0.4) is 0 Å². The largest absolute Gasteiger partial charge is 0.550 e. The number of amides is 2. The van der Waals surface area contributed by atoms with E-state index in [1.165, 1.54) is 5.56 Å². The summed E-state index contributed by atoms with van der Waals surface area (Å²) in [6, 6.07) is 24.8. The number of hydrogen-bond donors (Lipinski definition) is 2. The van der Waals surface area contributed by atoms with Gasteiger partial charge in [-0.3, -0.25) is 9.59 Å². The first-order valence-corrected chi connectivity index (χ1v) is 14.0. The molecule has 0 aliphatic rings. The fourth-order valence-corrected chi connectivity index (χ4v) is 5.08. The Morgan fingerprint density at radius 3 is 2.05 bits per heavy atom. The predicted molar refractivity (Wildman–Crippen MR) is 157 cm³/mol. The third-order valence-corrected chi connectivity index (χ3v) is 7.28. The Hall–Kier alpha value is -3.93. The molecule has 3 aromatic carbocycles. The van der Waals surface area contributed by atoms with E-state index in [0.29, 0.717) is 19.3 Å². The molecule has 0 saturated heterocycles. The highest BCUT2D eigenvalue weighted by molar-refractivity contribution is 5.90. The van der Waals surface area contributed by atoms with Crippen molar-refractivity contribution in [3.63, 3.8) is 0 Å². The zero-order chi connectivity index (χ0) is 29.3. The molecule has 0 bridgehead atoms. The lowest BCUT2D eigenvalue weighted by molar-refractivity contribution is -0.306. The second-order valence-electron chi connectivity index (χ2n) is 11.6. The Morgan fingerprint density at radius 2 is 1.45 bits per heavy atom. The van der Waals surface area contributed by atoms with Crippen LogP contribution in [0.4, 0.5) is 0 Å². The van der Waals surface area contributed by atoms with Crippen LogP contribution in [0.5, 0.6) is 0 Å². The second-order valence-corrected chi connectivity index (χ2v) is 11.6. The van der Waals surface area contributed by atoms with Crippen LogP contribution in [-0.2, 0) is 20.8 Å². The van der Waals surface area contributed by atoms with Gasteiger partial charge in [0.05, 0.1) is 6.04 Å². The molecule has 2 N–H and O–H groups in total. The van der Waals surface area contributed by atoms with Gasteiger partial charge in [0, 0.05) is 11.9 Å². The van der Waals surface area contributed by atoms with Gasteiger partial charge in [0.15, 0.2) is 0 Å². The molecule has 0 aliphatic carbocycles. The minimum Gasteiger partial charge on any atom is -0.550 e. The molecule has 6 heteroatoms. The lowest BCUT2D eigenvalue weighted by Crippen LogP contribution is -2.55. The van der Waals surface area contributed by atoms with Gasteiger partial charge in [0.25, 0.3) is 0 Å². The minimum atomic E-state index is -1.28. The van der Waals surface area contributed by atoms with E-state index in [0.717, 1.165) is 22.3 Å². The fraction of sp³-hybridized carbons (Fsp3) is 0.382. The highest BCUT2D eigenvalue weighted by Crippen LogP contribution is 2.29. The average molecular weight is 542 g/mol. The summed E-state index contributed by atoms with van der Waals surface area (Å²) in [5.41, 5.74) is 4.98. The van der Waals surface area contributed by atoms with E-state index in [1.54, 1.807) is 0 Å². The maximum atomic E-state index is 13.4. The first kappa shape index (κ1) is 30.6. The highest BCUT2D eigenvalue weighted by Gasteiger charge is 2.35. The second kappa shape index (κ2) is 13.9. The standard InChI is InChI=1S/C34H42N2O4/c1-23-14-12-19-27(30(23)26-17-10-7-11-18-26)20-13-21-28(22-29(37)38)32(39)36-31(34(3,4)5)33(40)35-24(2)25-15-8-6-9-16-25/h6-12,14-19,24,28,31H,13,20-22H2,1-5H3,(H,35,40)(H,36,39)(H,37,38)/p-1. The summed E-state index contributed by atoms with van der Waals surface area (Å²) in [7, 11) is 0. The van der Waals surface area contributed by atoms with E-state index >= 15 is 0 Å². The zero-order valence-electron chi connectivity index (χ0n) is 24.2. The third kappa shape index (κ3) is 8.54.